The Labute approximate surface area is 189 Å². The second-order valence-electron chi connectivity index (χ2n) is 7.65. The van der Waals surface area contributed by atoms with Crippen LogP contribution in [0.4, 0.5) is 13.2 Å². The van der Waals surface area contributed by atoms with E-state index in [-0.39, 0.29) is 10.8 Å². The summed E-state index contributed by atoms with van der Waals surface area (Å²) in [5, 5.41) is 2.12. The molecule has 4 nitrogen and oxygen atoms in total. The lowest BCUT2D eigenvalue weighted by Crippen LogP contribution is -2.40. The molecule has 1 fully saturated rings. The molecular weight excluding hydrogens is 461 g/mol. The number of halogens is 4. The second kappa shape index (κ2) is 8.51. The van der Waals surface area contributed by atoms with Crippen molar-refractivity contribution in [1.29, 1.82) is 0 Å². The van der Waals surface area contributed by atoms with Crippen molar-refractivity contribution in [3.05, 3.63) is 101 Å². The summed E-state index contributed by atoms with van der Waals surface area (Å²) in [6, 6.07) is 19.5. The summed E-state index contributed by atoms with van der Waals surface area (Å²) in [6.07, 6.45) is -4.54. The van der Waals surface area contributed by atoms with E-state index in [9.17, 15) is 21.6 Å². The zero-order valence-corrected chi connectivity index (χ0v) is 18.6. The molecule has 0 aromatic heterocycles. The van der Waals surface area contributed by atoms with Crippen LogP contribution in [-0.4, -0.2) is 31.4 Å². The van der Waals surface area contributed by atoms with Gasteiger partial charge in [-0.2, -0.15) is 13.2 Å². The molecule has 9 heteroatoms. The van der Waals surface area contributed by atoms with Gasteiger partial charge in [-0.25, -0.2) is 13.4 Å². The molecule has 32 heavy (non-hydrogen) atoms. The Hall–Kier alpha value is -2.39. The van der Waals surface area contributed by atoms with Gasteiger partial charge in [0.15, 0.2) is 0 Å². The largest absolute Gasteiger partial charge is 0.416 e. The monoisotopic (exact) mass is 480 g/mol. The first-order valence-corrected chi connectivity index (χ1v) is 11.6. The van der Waals surface area contributed by atoms with Crippen LogP contribution in [0, 0.1) is 0 Å². The number of rotatable bonds is 4. The van der Waals surface area contributed by atoms with Crippen molar-refractivity contribution in [2.24, 2.45) is 0 Å². The summed E-state index contributed by atoms with van der Waals surface area (Å²) in [6.45, 7) is 0.414. The first kappa shape index (κ1) is 22.8. The third-order valence-electron chi connectivity index (χ3n) is 5.58. The van der Waals surface area contributed by atoms with Gasteiger partial charge in [0, 0.05) is 24.5 Å². The fourth-order valence-corrected chi connectivity index (χ4v) is 5.92. The number of likely N-dealkylation sites (N-methyl/N-ethyl adjacent to an activating group) is 1. The van der Waals surface area contributed by atoms with Crippen LogP contribution in [-0.2, 0) is 16.2 Å². The highest BCUT2D eigenvalue weighted by molar-refractivity contribution is 7.89. The number of benzene rings is 3. The normalized spacial score (nSPS) is 20.5. The number of hydrogen-bond donors (Lipinski definition) is 0. The number of hydrogen-bond acceptors (Lipinski definition) is 3. The lowest BCUT2D eigenvalue weighted by atomic mass is 9.89. The van der Waals surface area contributed by atoms with Gasteiger partial charge in [0.2, 0.25) is 0 Å². The van der Waals surface area contributed by atoms with Gasteiger partial charge in [0.05, 0.1) is 16.5 Å². The first-order chi connectivity index (χ1) is 15.1. The van der Waals surface area contributed by atoms with E-state index in [4.69, 9.17) is 11.6 Å². The van der Waals surface area contributed by atoms with E-state index in [1.165, 1.54) is 4.41 Å². The smallest absolute Gasteiger partial charge is 0.230 e. The van der Waals surface area contributed by atoms with Crippen LogP contribution < -0.4 is 0 Å². The topological polar surface area (TPSA) is 40.6 Å². The van der Waals surface area contributed by atoms with Gasteiger partial charge in [-0.15, -0.1) is 4.41 Å². The molecule has 4 rings (SSSR count). The molecule has 0 radical (unpaired) electrons. The molecule has 3 aromatic carbocycles. The Kier molecular flexibility index (Phi) is 6.06. The molecule has 0 amide bonds. The van der Waals surface area contributed by atoms with E-state index >= 15 is 0 Å². The molecule has 0 bridgehead atoms. The van der Waals surface area contributed by atoms with Crippen molar-refractivity contribution in [2.45, 2.75) is 23.0 Å². The van der Waals surface area contributed by atoms with Crippen molar-refractivity contribution in [3.63, 3.8) is 0 Å². The highest BCUT2D eigenvalue weighted by Crippen LogP contribution is 2.45. The van der Waals surface area contributed by atoms with Crippen molar-refractivity contribution in [2.75, 3.05) is 13.6 Å². The predicted molar refractivity (Wildman–Crippen MR) is 116 cm³/mol. The minimum Gasteiger partial charge on any atom is -0.230 e. The highest BCUT2D eigenvalue weighted by atomic mass is 35.5. The third-order valence-corrected chi connectivity index (χ3v) is 7.70. The summed E-state index contributed by atoms with van der Waals surface area (Å²) in [5.41, 5.74) is 0.801. The first-order valence-electron chi connectivity index (χ1n) is 9.82. The molecule has 2 unspecified atom stereocenters. The summed E-state index contributed by atoms with van der Waals surface area (Å²) in [4.78, 5) is -0.204. The standard InChI is InChI=1S/C23H20ClF3N2O2S/c1-28-15-21(16-5-3-2-4-6-16)22(17-7-11-19(24)12-8-17)29(28)32(30,31)20-13-9-18(10-14-20)23(25,26)27/h2-14,21-22H,15H2,1H3. The molecule has 1 heterocycles. The minimum absolute atomic E-state index is 0.188. The Morgan fingerprint density at radius 1 is 0.875 bits per heavy atom. The van der Waals surface area contributed by atoms with Crippen molar-refractivity contribution < 1.29 is 21.6 Å². The Morgan fingerprint density at radius 3 is 2.03 bits per heavy atom. The summed E-state index contributed by atoms with van der Waals surface area (Å²) < 4.78 is 67.3. The van der Waals surface area contributed by atoms with E-state index < -0.39 is 27.8 Å². The number of sulfonamides is 1. The Bertz CT molecular complexity index is 1180. The maximum atomic E-state index is 13.6. The van der Waals surface area contributed by atoms with Gasteiger partial charge in [-0.05, 0) is 47.5 Å². The predicted octanol–water partition coefficient (Wildman–Crippen LogP) is 5.74. The van der Waals surface area contributed by atoms with E-state index in [2.05, 4.69) is 0 Å². The maximum absolute atomic E-state index is 13.6. The number of alkyl halides is 3. The van der Waals surface area contributed by atoms with Crippen LogP contribution >= 0.6 is 11.6 Å². The SMILES string of the molecule is CN1CC(c2ccccc2)C(c2ccc(Cl)cc2)N1S(=O)(=O)c1ccc(C(F)(F)F)cc1. The molecule has 1 saturated heterocycles. The lowest BCUT2D eigenvalue weighted by molar-refractivity contribution is -0.137. The lowest BCUT2D eigenvalue weighted by Gasteiger charge is -2.30. The van der Waals surface area contributed by atoms with Gasteiger partial charge in [-0.1, -0.05) is 54.1 Å². The number of nitrogens with zero attached hydrogens (tertiary/aromatic N) is 2. The van der Waals surface area contributed by atoms with Crippen LogP contribution in [0.15, 0.2) is 83.8 Å². The summed E-state index contributed by atoms with van der Waals surface area (Å²) >= 11 is 6.04. The van der Waals surface area contributed by atoms with Crippen molar-refractivity contribution in [3.8, 4) is 0 Å². The van der Waals surface area contributed by atoms with Crippen LogP contribution in [0.2, 0.25) is 5.02 Å². The fraction of sp³-hybridized carbons (Fsp3) is 0.217. The van der Waals surface area contributed by atoms with Crippen LogP contribution in [0.1, 0.15) is 28.7 Å². The Morgan fingerprint density at radius 2 is 1.47 bits per heavy atom. The molecule has 168 valence electrons. The zero-order chi connectivity index (χ0) is 23.1. The minimum atomic E-state index is -4.54. The van der Waals surface area contributed by atoms with Gasteiger partial charge in [0.1, 0.15) is 0 Å². The van der Waals surface area contributed by atoms with Crippen LogP contribution in [0.25, 0.3) is 0 Å². The molecule has 2 atom stereocenters. The average molecular weight is 481 g/mol. The van der Waals surface area contributed by atoms with E-state index in [1.54, 1.807) is 36.3 Å². The second-order valence-corrected chi connectivity index (χ2v) is 9.89. The van der Waals surface area contributed by atoms with E-state index in [1.807, 2.05) is 30.3 Å². The molecule has 1 aliphatic heterocycles. The highest BCUT2D eigenvalue weighted by Gasteiger charge is 2.47. The molecule has 1 aliphatic rings. The van der Waals surface area contributed by atoms with E-state index in [0.717, 1.165) is 35.4 Å². The Balaban J connectivity index is 1.80. The van der Waals surface area contributed by atoms with Crippen LogP contribution in [0.5, 0.6) is 0 Å². The quantitative estimate of drug-likeness (QED) is 0.478. The van der Waals surface area contributed by atoms with Gasteiger partial charge >= 0.3 is 6.18 Å². The van der Waals surface area contributed by atoms with Crippen molar-refractivity contribution >= 4 is 21.6 Å². The summed E-state index contributed by atoms with van der Waals surface area (Å²) in [7, 11) is -2.48. The van der Waals surface area contributed by atoms with Gasteiger partial charge < -0.3 is 0 Å². The van der Waals surface area contributed by atoms with E-state index in [0.29, 0.717) is 11.6 Å². The molecule has 0 spiro atoms. The maximum Gasteiger partial charge on any atom is 0.416 e. The molecular formula is C23H20ClF3N2O2S. The van der Waals surface area contributed by atoms with Gasteiger partial charge in [0.25, 0.3) is 10.0 Å². The van der Waals surface area contributed by atoms with Crippen LogP contribution in [0.3, 0.4) is 0 Å². The third kappa shape index (κ3) is 4.28. The van der Waals surface area contributed by atoms with Gasteiger partial charge in [-0.3, -0.25) is 0 Å². The molecule has 3 aromatic rings. The average Bonchev–Trinajstić information content (AvgIpc) is 3.12. The fourth-order valence-electron chi connectivity index (χ4n) is 4.10. The molecule has 0 aliphatic carbocycles. The van der Waals surface area contributed by atoms with Crippen molar-refractivity contribution in [1.82, 2.24) is 9.42 Å². The summed E-state index contributed by atoms with van der Waals surface area (Å²) in [5.74, 6) is -0.188. The molecule has 0 saturated carbocycles. The molecule has 0 N–H and O–H groups in total. The number of hydrazine groups is 1. The zero-order valence-electron chi connectivity index (χ0n) is 17.0.